The molecule has 0 fully saturated rings. The van der Waals surface area contributed by atoms with Crippen LogP contribution in [0.5, 0.6) is 0 Å². The SMILES string of the molecule is CC(C)C(=O)c1cc2c(-c3cccc(C(=O)O)c3)nccc2[nH]1. The topological polar surface area (TPSA) is 83.1 Å². The van der Waals surface area contributed by atoms with Gasteiger partial charge in [-0.25, -0.2) is 4.79 Å². The second kappa shape index (κ2) is 5.68. The van der Waals surface area contributed by atoms with Crippen LogP contribution in [0.15, 0.2) is 42.6 Å². The summed E-state index contributed by atoms with van der Waals surface area (Å²) in [5.74, 6) is -1.05. The molecule has 5 heteroatoms. The van der Waals surface area contributed by atoms with Crippen LogP contribution in [0.4, 0.5) is 0 Å². The number of carboxylic acid groups (broad SMARTS) is 1. The van der Waals surface area contributed by atoms with Crippen molar-refractivity contribution < 1.29 is 14.7 Å². The number of Topliss-reactive ketones (excluding diaryl/α,β-unsaturated/α-hetero) is 1. The third kappa shape index (κ3) is 2.73. The van der Waals surface area contributed by atoms with Crippen molar-refractivity contribution in [2.24, 2.45) is 5.92 Å². The Bertz CT molecular complexity index is 910. The zero-order valence-corrected chi connectivity index (χ0v) is 12.8. The molecule has 3 aromatic rings. The van der Waals surface area contributed by atoms with Crippen LogP contribution < -0.4 is 0 Å². The molecule has 5 nitrogen and oxygen atoms in total. The Kier molecular flexibility index (Phi) is 3.70. The van der Waals surface area contributed by atoms with Crippen LogP contribution in [-0.2, 0) is 0 Å². The predicted octanol–water partition coefficient (Wildman–Crippen LogP) is 3.77. The van der Waals surface area contributed by atoms with Gasteiger partial charge < -0.3 is 10.1 Å². The molecular formula is C18H16N2O3. The molecule has 0 saturated heterocycles. The van der Waals surface area contributed by atoms with E-state index in [1.165, 1.54) is 6.07 Å². The maximum atomic E-state index is 12.2. The first-order valence-electron chi connectivity index (χ1n) is 7.33. The summed E-state index contributed by atoms with van der Waals surface area (Å²) < 4.78 is 0. The van der Waals surface area contributed by atoms with E-state index in [2.05, 4.69) is 9.97 Å². The van der Waals surface area contributed by atoms with E-state index in [0.717, 1.165) is 10.9 Å². The second-order valence-electron chi connectivity index (χ2n) is 5.71. The fourth-order valence-corrected chi connectivity index (χ4v) is 2.53. The zero-order chi connectivity index (χ0) is 16.6. The quantitative estimate of drug-likeness (QED) is 0.719. The number of carbonyl (C=O) groups is 2. The van der Waals surface area contributed by atoms with Gasteiger partial charge in [0, 0.05) is 28.6 Å². The molecule has 0 unspecified atom stereocenters. The first-order chi connectivity index (χ1) is 11.0. The summed E-state index contributed by atoms with van der Waals surface area (Å²) in [4.78, 5) is 30.8. The van der Waals surface area contributed by atoms with E-state index in [9.17, 15) is 9.59 Å². The summed E-state index contributed by atoms with van der Waals surface area (Å²) in [7, 11) is 0. The Hall–Kier alpha value is -2.95. The zero-order valence-electron chi connectivity index (χ0n) is 12.8. The molecule has 0 aliphatic heterocycles. The summed E-state index contributed by atoms with van der Waals surface area (Å²) in [6, 6.07) is 10.2. The first kappa shape index (κ1) is 15.0. The molecule has 0 spiro atoms. The number of carboxylic acids is 1. The van der Waals surface area contributed by atoms with Crippen LogP contribution in [0.25, 0.3) is 22.2 Å². The van der Waals surface area contributed by atoms with E-state index in [1.54, 1.807) is 30.5 Å². The van der Waals surface area contributed by atoms with Gasteiger partial charge >= 0.3 is 5.97 Å². The number of aromatic nitrogens is 2. The number of hydrogen-bond acceptors (Lipinski definition) is 3. The highest BCUT2D eigenvalue weighted by Gasteiger charge is 2.16. The Morgan fingerprint density at radius 2 is 1.96 bits per heavy atom. The molecule has 0 amide bonds. The highest BCUT2D eigenvalue weighted by Crippen LogP contribution is 2.28. The van der Waals surface area contributed by atoms with Crippen molar-refractivity contribution in [3.05, 3.63) is 53.9 Å². The molecule has 2 N–H and O–H groups in total. The van der Waals surface area contributed by atoms with Crippen molar-refractivity contribution in [3.8, 4) is 11.3 Å². The van der Waals surface area contributed by atoms with Gasteiger partial charge in [0.15, 0.2) is 5.78 Å². The molecule has 1 aromatic carbocycles. The highest BCUT2D eigenvalue weighted by molar-refractivity contribution is 6.03. The number of ketones is 1. The van der Waals surface area contributed by atoms with Crippen LogP contribution in [0, 0.1) is 5.92 Å². The third-order valence-electron chi connectivity index (χ3n) is 3.72. The number of aromatic carboxylic acids is 1. The Labute approximate surface area is 133 Å². The van der Waals surface area contributed by atoms with Crippen molar-refractivity contribution in [3.63, 3.8) is 0 Å². The molecule has 0 radical (unpaired) electrons. The molecule has 0 bridgehead atoms. The number of hydrogen-bond donors (Lipinski definition) is 2. The molecule has 23 heavy (non-hydrogen) atoms. The number of benzene rings is 1. The summed E-state index contributed by atoms with van der Waals surface area (Å²) in [5.41, 5.74) is 2.91. The maximum Gasteiger partial charge on any atom is 0.335 e. The highest BCUT2D eigenvalue weighted by atomic mass is 16.4. The van der Waals surface area contributed by atoms with Gasteiger partial charge in [0.1, 0.15) is 0 Å². The van der Waals surface area contributed by atoms with Crippen LogP contribution in [0.3, 0.4) is 0 Å². The first-order valence-corrected chi connectivity index (χ1v) is 7.33. The van der Waals surface area contributed by atoms with Crippen LogP contribution in [0.2, 0.25) is 0 Å². The summed E-state index contributed by atoms with van der Waals surface area (Å²) in [6.07, 6.45) is 1.64. The smallest absolute Gasteiger partial charge is 0.335 e. The monoisotopic (exact) mass is 308 g/mol. The lowest BCUT2D eigenvalue weighted by Gasteiger charge is -2.03. The lowest BCUT2D eigenvalue weighted by atomic mass is 10.0. The van der Waals surface area contributed by atoms with Gasteiger partial charge in [0.2, 0.25) is 0 Å². The van der Waals surface area contributed by atoms with Crippen molar-refractivity contribution in [1.29, 1.82) is 0 Å². The second-order valence-corrected chi connectivity index (χ2v) is 5.71. The number of H-pyrrole nitrogens is 1. The average molecular weight is 308 g/mol. The van der Waals surface area contributed by atoms with Gasteiger partial charge in [0.05, 0.1) is 17.0 Å². The number of nitrogens with one attached hydrogen (secondary N) is 1. The number of aromatic amines is 1. The van der Waals surface area contributed by atoms with Crippen molar-refractivity contribution in [1.82, 2.24) is 9.97 Å². The number of rotatable bonds is 4. The molecule has 2 aromatic heterocycles. The summed E-state index contributed by atoms with van der Waals surface area (Å²) in [5, 5.41) is 9.94. The van der Waals surface area contributed by atoms with E-state index in [1.807, 2.05) is 19.9 Å². The van der Waals surface area contributed by atoms with Crippen LogP contribution >= 0.6 is 0 Å². The normalized spacial score (nSPS) is 11.1. The number of carbonyl (C=O) groups excluding carboxylic acids is 1. The van der Waals surface area contributed by atoms with Gasteiger partial charge in [-0.15, -0.1) is 0 Å². The molecule has 0 aliphatic carbocycles. The molecule has 0 atom stereocenters. The van der Waals surface area contributed by atoms with Gasteiger partial charge in [-0.2, -0.15) is 0 Å². The molecule has 0 aliphatic rings. The standard InChI is InChI=1S/C18H16N2O3/c1-10(2)17(21)15-9-13-14(20-15)6-7-19-16(13)11-4-3-5-12(8-11)18(22)23/h3-10,20H,1-2H3,(H,22,23). The molecule has 3 rings (SSSR count). The Morgan fingerprint density at radius 1 is 1.17 bits per heavy atom. The van der Waals surface area contributed by atoms with Crippen molar-refractivity contribution in [2.75, 3.05) is 0 Å². The Balaban J connectivity index is 2.17. The maximum absolute atomic E-state index is 12.2. The minimum absolute atomic E-state index is 0.0337. The fraction of sp³-hybridized carbons (Fsp3) is 0.167. The largest absolute Gasteiger partial charge is 0.478 e. The minimum atomic E-state index is -0.983. The van der Waals surface area contributed by atoms with E-state index < -0.39 is 5.97 Å². The van der Waals surface area contributed by atoms with E-state index in [-0.39, 0.29) is 17.3 Å². The Morgan fingerprint density at radius 3 is 2.65 bits per heavy atom. The number of pyridine rings is 1. The van der Waals surface area contributed by atoms with Crippen LogP contribution in [0.1, 0.15) is 34.7 Å². The average Bonchev–Trinajstić information content (AvgIpc) is 2.97. The fourth-order valence-electron chi connectivity index (χ4n) is 2.53. The van der Waals surface area contributed by atoms with Gasteiger partial charge in [-0.05, 0) is 24.3 Å². The number of nitrogens with zero attached hydrogens (tertiary/aromatic N) is 1. The molecular weight excluding hydrogens is 292 g/mol. The number of fused-ring (bicyclic) bond motifs is 1. The van der Waals surface area contributed by atoms with E-state index in [0.29, 0.717) is 17.0 Å². The van der Waals surface area contributed by atoms with Gasteiger partial charge in [-0.1, -0.05) is 26.0 Å². The van der Waals surface area contributed by atoms with Crippen LogP contribution in [-0.4, -0.2) is 26.8 Å². The summed E-state index contributed by atoms with van der Waals surface area (Å²) in [6.45, 7) is 3.70. The lowest BCUT2D eigenvalue weighted by molar-refractivity contribution is 0.0696. The lowest BCUT2D eigenvalue weighted by Crippen LogP contribution is -2.07. The van der Waals surface area contributed by atoms with Gasteiger partial charge in [0.25, 0.3) is 0 Å². The van der Waals surface area contributed by atoms with Crippen molar-refractivity contribution in [2.45, 2.75) is 13.8 Å². The molecule has 2 heterocycles. The summed E-state index contributed by atoms with van der Waals surface area (Å²) >= 11 is 0. The molecule has 116 valence electrons. The minimum Gasteiger partial charge on any atom is -0.478 e. The van der Waals surface area contributed by atoms with Crippen molar-refractivity contribution >= 4 is 22.7 Å². The van der Waals surface area contributed by atoms with E-state index in [4.69, 9.17) is 5.11 Å². The predicted molar refractivity (Wildman–Crippen MR) is 87.7 cm³/mol. The van der Waals surface area contributed by atoms with E-state index >= 15 is 0 Å². The molecule has 0 saturated carbocycles. The van der Waals surface area contributed by atoms with Gasteiger partial charge in [-0.3, -0.25) is 9.78 Å². The third-order valence-corrected chi connectivity index (χ3v) is 3.72.